The largest absolute Gasteiger partial charge is 0.456 e. The Morgan fingerprint density at radius 3 is 1.32 bits per heavy atom. The summed E-state index contributed by atoms with van der Waals surface area (Å²) in [6, 6.07) is 82.5. The van der Waals surface area contributed by atoms with Crippen LogP contribution in [-0.2, 0) is 0 Å². The lowest BCUT2D eigenvalue weighted by Gasteiger charge is -2.36. The summed E-state index contributed by atoms with van der Waals surface area (Å²) in [4.78, 5) is 0. The molecule has 0 amide bonds. The lowest BCUT2D eigenvalue weighted by molar-refractivity contribution is 0.669. The third-order valence-electron chi connectivity index (χ3n) is 11.7. The van der Waals surface area contributed by atoms with Crippen molar-refractivity contribution >= 4 is 72.6 Å². The Hall–Kier alpha value is -7.20. The van der Waals surface area contributed by atoms with Gasteiger partial charge < -0.3 is 8.98 Å². The van der Waals surface area contributed by atoms with Gasteiger partial charge in [-0.25, -0.2) is 0 Å². The molecule has 2 heterocycles. The second-order valence-corrected chi connectivity index (χ2v) is 18.6. The minimum atomic E-state index is -2.92. The average molecular weight is 744 g/mol. The van der Waals surface area contributed by atoms with Gasteiger partial charge in [-0.1, -0.05) is 200 Å². The van der Waals surface area contributed by atoms with Crippen molar-refractivity contribution < 1.29 is 4.42 Å². The maximum Gasteiger partial charge on any atom is 0.179 e. The molecule has 3 heteroatoms. The van der Waals surface area contributed by atoms with Gasteiger partial charge in [0.25, 0.3) is 0 Å². The molecule has 0 fully saturated rings. The fraction of sp³-hybridized carbons (Fsp3) is 0. The molecule has 2 nitrogen and oxygen atoms in total. The van der Waals surface area contributed by atoms with Crippen molar-refractivity contribution in [2.45, 2.75) is 0 Å². The molecule has 0 N–H and O–H groups in total. The first-order valence-corrected chi connectivity index (χ1v) is 21.6. The third kappa shape index (κ3) is 5.24. The van der Waals surface area contributed by atoms with Crippen LogP contribution < -0.4 is 20.7 Å². The van der Waals surface area contributed by atoms with Crippen molar-refractivity contribution in [3.8, 4) is 27.9 Å². The van der Waals surface area contributed by atoms with Crippen LogP contribution in [0.3, 0.4) is 0 Å². The van der Waals surface area contributed by atoms with Gasteiger partial charge in [-0.15, -0.1) is 0 Å². The van der Waals surface area contributed by atoms with Crippen LogP contribution >= 0.6 is 0 Å². The van der Waals surface area contributed by atoms with Crippen molar-refractivity contribution in [2.24, 2.45) is 0 Å². The van der Waals surface area contributed by atoms with E-state index in [-0.39, 0.29) is 0 Å². The second-order valence-electron chi connectivity index (χ2n) is 14.8. The van der Waals surface area contributed by atoms with Crippen molar-refractivity contribution in [2.75, 3.05) is 0 Å². The zero-order chi connectivity index (χ0) is 37.8. The van der Waals surface area contributed by atoms with Crippen LogP contribution in [0.4, 0.5) is 0 Å². The van der Waals surface area contributed by atoms with E-state index < -0.39 is 8.07 Å². The van der Waals surface area contributed by atoms with E-state index in [9.17, 15) is 0 Å². The first-order chi connectivity index (χ1) is 28.3. The molecule has 268 valence electrons. The minimum absolute atomic E-state index is 0.901. The van der Waals surface area contributed by atoms with Crippen LogP contribution in [0.15, 0.2) is 229 Å². The number of furan rings is 1. The molecule has 0 saturated heterocycles. The van der Waals surface area contributed by atoms with E-state index in [2.05, 4.69) is 223 Å². The number of hydrogen-bond donors (Lipinski definition) is 0. The zero-order valence-corrected chi connectivity index (χ0v) is 32.2. The summed E-state index contributed by atoms with van der Waals surface area (Å²) in [6.45, 7) is 0. The topological polar surface area (TPSA) is 18.1 Å². The van der Waals surface area contributed by atoms with Crippen LogP contribution in [0, 0.1) is 0 Å². The van der Waals surface area contributed by atoms with Crippen molar-refractivity contribution in [1.82, 2.24) is 4.57 Å². The van der Waals surface area contributed by atoms with Gasteiger partial charge in [0.05, 0.1) is 16.7 Å². The Kier molecular flexibility index (Phi) is 7.87. The summed E-state index contributed by atoms with van der Waals surface area (Å²) in [6.07, 6.45) is 0. The lowest BCUT2D eigenvalue weighted by atomic mass is 9.95. The van der Waals surface area contributed by atoms with Gasteiger partial charge in [0.2, 0.25) is 0 Å². The van der Waals surface area contributed by atoms with Crippen LogP contribution in [-0.4, -0.2) is 12.6 Å². The smallest absolute Gasteiger partial charge is 0.179 e. The van der Waals surface area contributed by atoms with Gasteiger partial charge >= 0.3 is 0 Å². The molecule has 0 radical (unpaired) electrons. The molecule has 0 bridgehead atoms. The Bertz CT molecular complexity index is 3050. The average Bonchev–Trinajstić information content (AvgIpc) is 3.82. The molecule has 0 unspecified atom stereocenters. The highest BCUT2D eigenvalue weighted by atomic mass is 28.3. The highest BCUT2D eigenvalue weighted by Crippen LogP contribution is 2.43. The molecule has 0 aliphatic heterocycles. The number of nitrogens with zero attached hydrogens (tertiary/aromatic N) is 1. The monoisotopic (exact) mass is 743 g/mol. The molecule has 0 saturated carbocycles. The van der Waals surface area contributed by atoms with E-state index in [1.165, 1.54) is 53.8 Å². The zero-order valence-electron chi connectivity index (χ0n) is 31.2. The Morgan fingerprint density at radius 1 is 0.316 bits per heavy atom. The fourth-order valence-electron chi connectivity index (χ4n) is 9.26. The van der Waals surface area contributed by atoms with Gasteiger partial charge in [-0.3, -0.25) is 0 Å². The molecule has 0 spiro atoms. The summed E-state index contributed by atoms with van der Waals surface area (Å²) in [7, 11) is -2.92. The molecule has 57 heavy (non-hydrogen) atoms. The van der Waals surface area contributed by atoms with Crippen LogP contribution in [0.2, 0.25) is 0 Å². The van der Waals surface area contributed by atoms with E-state index in [0.717, 1.165) is 38.7 Å². The first kappa shape index (κ1) is 33.2. The number of fused-ring (bicyclic) bond motifs is 6. The second kappa shape index (κ2) is 13.5. The van der Waals surface area contributed by atoms with Crippen molar-refractivity contribution in [3.63, 3.8) is 0 Å². The predicted octanol–water partition coefficient (Wildman–Crippen LogP) is 11.4. The summed E-state index contributed by atoms with van der Waals surface area (Å²) in [5.74, 6) is 0. The molecule has 0 aliphatic rings. The Balaban J connectivity index is 1.35. The molecule has 0 atom stereocenters. The fourth-order valence-corrected chi connectivity index (χ4v) is 14.1. The highest BCUT2D eigenvalue weighted by Gasteiger charge is 2.42. The predicted molar refractivity (Wildman–Crippen MR) is 243 cm³/mol. The van der Waals surface area contributed by atoms with Crippen LogP contribution in [0.5, 0.6) is 0 Å². The van der Waals surface area contributed by atoms with Crippen molar-refractivity contribution in [3.05, 3.63) is 224 Å². The molecule has 11 aromatic rings. The molecular weight excluding hydrogens is 707 g/mol. The molecule has 0 aliphatic carbocycles. The maximum atomic E-state index is 6.49. The van der Waals surface area contributed by atoms with E-state index >= 15 is 0 Å². The molecular formula is C54H37NOSi. The quantitative estimate of drug-likeness (QED) is 0.117. The normalized spacial score (nSPS) is 11.9. The van der Waals surface area contributed by atoms with E-state index in [0.29, 0.717) is 0 Å². The Morgan fingerprint density at radius 2 is 0.772 bits per heavy atom. The summed E-state index contributed by atoms with van der Waals surface area (Å²) in [5, 5.41) is 9.97. The molecule has 2 aromatic heterocycles. The Labute approximate surface area is 332 Å². The number of aromatic nitrogens is 1. The van der Waals surface area contributed by atoms with Crippen molar-refractivity contribution in [1.29, 1.82) is 0 Å². The van der Waals surface area contributed by atoms with Gasteiger partial charge in [-0.2, -0.15) is 0 Å². The third-order valence-corrected chi connectivity index (χ3v) is 16.5. The van der Waals surface area contributed by atoms with Gasteiger partial charge in [-0.05, 0) is 56.1 Å². The maximum absolute atomic E-state index is 6.49. The minimum Gasteiger partial charge on any atom is -0.456 e. The summed E-state index contributed by atoms with van der Waals surface area (Å²) in [5.41, 5.74) is 9.98. The SMILES string of the molecule is c1ccc(-c2cc([Si](c3ccccc3)(c3ccccc3)c3ccccc3)cc(-c3ccccc3)c2-n2c3ccccc3c3cc4oc5ccccc5c4cc32)cc1. The standard InChI is InChI=1S/C54H37NOSi/c1-6-20-38(21-7-1)46-34-43(57(40-24-10-3-11-25-40,41-26-12-4-13-27-41)42-28-14-5-15-29-42)35-47(39-22-8-2-9-23-39)54(46)55-50-32-18-16-30-44(50)48-37-53-49(36-51(48)55)45-31-17-19-33-52(45)56-53/h1-37H. The number of hydrogen-bond acceptors (Lipinski definition) is 1. The van der Waals surface area contributed by atoms with Gasteiger partial charge in [0, 0.05) is 32.7 Å². The molecule has 9 aromatic carbocycles. The van der Waals surface area contributed by atoms with Crippen LogP contribution in [0.25, 0.3) is 71.7 Å². The number of benzene rings is 9. The lowest BCUT2D eigenvalue weighted by Crippen LogP contribution is -2.74. The first-order valence-electron chi connectivity index (χ1n) is 19.6. The van der Waals surface area contributed by atoms with Gasteiger partial charge in [0.1, 0.15) is 11.2 Å². The number of para-hydroxylation sites is 2. The van der Waals surface area contributed by atoms with Crippen LogP contribution in [0.1, 0.15) is 0 Å². The van der Waals surface area contributed by atoms with E-state index in [1.54, 1.807) is 0 Å². The summed E-state index contributed by atoms with van der Waals surface area (Å²) < 4.78 is 9.01. The van der Waals surface area contributed by atoms with E-state index in [4.69, 9.17) is 4.42 Å². The summed E-state index contributed by atoms with van der Waals surface area (Å²) >= 11 is 0. The van der Waals surface area contributed by atoms with E-state index in [1.807, 2.05) is 6.07 Å². The molecule has 11 rings (SSSR count). The number of rotatable bonds is 7. The highest BCUT2D eigenvalue weighted by molar-refractivity contribution is 7.20. The van der Waals surface area contributed by atoms with Gasteiger partial charge in [0.15, 0.2) is 8.07 Å².